The molecule has 0 spiro atoms. The van der Waals surface area contributed by atoms with Crippen LogP contribution in [0.4, 0.5) is 0 Å². The van der Waals surface area contributed by atoms with Crippen molar-refractivity contribution in [3.8, 4) is 5.75 Å². The van der Waals surface area contributed by atoms with Gasteiger partial charge < -0.3 is 18.6 Å². The lowest BCUT2D eigenvalue weighted by Gasteiger charge is -2.22. The third-order valence-electron chi connectivity index (χ3n) is 5.04. The Bertz CT molecular complexity index is 976. The van der Waals surface area contributed by atoms with E-state index in [0.29, 0.717) is 18.8 Å². The minimum atomic E-state index is -0.281. The van der Waals surface area contributed by atoms with Gasteiger partial charge in [0.1, 0.15) is 5.75 Å². The average Bonchev–Trinajstić information content (AvgIpc) is 3.21. The van der Waals surface area contributed by atoms with Crippen molar-refractivity contribution >= 4 is 11.5 Å². The van der Waals surface area contributed by atoms with Gasteiger partial charge in [-0.15, -0.1) is 0 Å². The molecule has 3 rings (SSSR count). The highest BCUT2D eigenvalue weighted by atomic mass is 16.5. The fourth-order valence-electron chi connectivity index (χ4n) is 3.54. The zero-order chi connectivity index (χ0) is 20.8. The third kappa shape index (κ3) is 4.62. The summed E-state index contributed by atoms with van der Waals surface area (Å²) in [6, 6.07) is 13.7. The van der Waals surface area contributed by atoms with Crippen LogP contribution in [0.5, 0.6) is 5.75 Å². The zero-order valence-corrected chi connectivity index (χ0v) is 17.6. The number of carbonyl (C=O) groups excluding carboxylic acids is 1. The smallest absolute Gasteiger partial charge is 0.338 e. The second kappa shape index (κ2) is 9.61. The molecule has 0 saturated carbocycles. The largest absolute Gasteiger partial charge is 0.497 e. The Kier molecular flexibility index (Phi) is 6.94. The lowest BCUT2D eigenvalue weighted by Crippen LogP contribution is -2.15. The Labute approximate surface area is 172 Å². The van der Waals surface area contributed by atoms with Gasteiger partial charge in [0.25, 0.3) is 0 Å². The first-order valence-electron chi connectivity index (χ1n) is 10.1. The summed E-state index contributed by atoms with van der Waals surface area (Å²) in [5, 5.41) is 0. The molecule has 0 fully saturated rings. The second-order valence-electron chi connectivity index (χ2n) is 7.07. The first-order valence-corrected chi connectivity index (χ1v) is 10.1. The Balaban J connectivity index is 1.93. The summed E-state index contributed by atoms with van der Waals surface area (Å²) in [4.78, 5) is 12.6. The SMILES string of the molecule is CCCOC(=O)c1cc2cccn2c(C(CC)OCc2cccc(OC)c2)c1C. The Hall–Kier alpha value is -2.79. The number of esters is 1. The van der Waals surface area contributed by atoms with E-state index in [1.54, 1.807) is 7.11 Å². The number of pyridine rings is 1. The summed E-state index contributed by atoms with van der Waals surface area (Å²) in [6.07, 6.45) is 3.43. The molecule has 3 aromatic rings. The topological polar surface area (TPSA) is 49.2 Å². The van der Waals surface area contributed by atoms with Crippen molar-refractivity contribution in [1.29, 1.82) is 0 Å². The molecular weight excluding hydrogens is 366 g/mol. The van der Waals surface area contributed by atoms with Gasteiger partial charge in [-0.3, -0.25) is 0 Å². The molecule has 5 nitrogen and oxygen atoms in total. The van der Waals surface area contributed by atoms with Crippen molar-refractivity contribution < 1.29 is 19.0 Å². The molecule has 0 aliphatic carbocycles. The van der Waals surface area contributed by atoms with Gasteiger partial charge in [0.15, 0.2) is 0 Å². The van der Waals surface area contributed by atoms with Crippen LogP contribution < -0.4 is 4.74 Å². The molecule has 0 aliphatic heterocycles. The van der Waals surface area contributed by atoms with Crippen molar-refractivity contribution in [2.24, 2.45) is 0 Å². The van der Waals surface area contributed by atoms with E-state index in [1.807, 2.05) is 62.5 Å². The van der Waals surface area contributed by atoms with Crippen LogP contribution in [0.1, 0.15) is 60.0 Å². The highest BCUT2D eigenvalue weighted by Crippen LogP contribution is 2.30. The van der Waals surface area contributed by atoms with E-state index < -0.39 is 0 Å². The van der Waals surface area contributed by atoms with Gasteiger partial charge in [-0.2, -0.15) is 0 Å². The van der Waals surface area contributed by atoms with E-state index in [2.05, 4.69) is 11.3 Å². The van der Waals surface area contributed by atoms with Crippen molar-refractivity contribution in [3.63, 3.8) is 0 Å². The quantitative estimate of drug-likeness (QED) is 0.450. The molecule has 0 N–H and O–H groups in total. The summed E-state index contributed by atoms with van der Waals surface area (Å²) in [5.41, 5.74) is 4.48. The van der Waals surface area contributed by atoms with Crippen LogP contribution in [0.2, 0.25) is 0 Å². The van der Waals surface area contributed by atoms with Gasteiger partial charge in [-0.05, 0) is 61.2 Å². The Morgan fingerprint density at radius 2 is 1.97 bits per heavy atom. The summed E-state index contributed by atoms with van der Waals surface area (Å²) in [7, 11) is 1.66. The molecule has 2 aromatic heterocycles. The van der Waals surface area contributed by atoms with Gasteiger partial charge in [0.05, 0.1) is 37.7 Å². The zero-order valence-electron chi connectivity index (χ0n) is 17.6. The number of rotatable bonds is 9. The first-order chi connectivity index (χ1) is 14.1. The van der Waals surface area contributed by atoms with E-state index >= 15 is 0 Å². The molecule has 0 amide bonds. The number of hydrogen-bond acceptors (Lipinski definition) is 4. The fraction of sp³-hybridized carbons (Fsp3) is 0.375. The summed E-state index contributed by atoms with van der Waals surface area (Å²) < 4.78 is 19.1. The number of nitrogens with zero attached hydrogens (tertiary/aromatic N) is 1. The van der Waals surface area contributed by atoms with Crippen molar-refractivity contribution in [2.75, 3.05) is 13.7 Å². The number of fused-ring (bicyclic) bond motifs is 1. The first kappa shape index (κ1) is 20.9. The maximum atomic E-state index is 12.6. The maximum absolute atomic E-state index is 12.6. The normalized spacial score (nSPS) is 12.1. The van der Waals surface area contributed by atoms with Crippen molar-refractivity contribution in [1.82, 2.24) is 4.40 Å². The Morgan fingerprint density at radius 3 is 2.69 bits per heavy atom. The van der Waals surface area contributed by atoms with Crippen LogP contribution in [0.3, 0.4) is 0 Å². The minimum Gasteiger partial charge on any atom is -0.497 e. The van der Waals surface area contributed by atoms with Gasteiger partial charge in [0, 0.05) is 11.7 Å². The van der Waals surface area contributed by atoms with Crippen LogP contribution in [0.25, 0.3) is 5.52 Å². The van der Waals surface area contributed by atoms with E-state index in [0.717, 1.165) is 40.9 Å². The van der Waals surface area contributed by atoms with Crippen LogP contribution in [0, 0.1) is 6.92 Å². The van der Waals surface area contributed by atoms with E-state index in [9.17, 15) is 4.79 Å². The van der Waals surface area contributed by atoms with Gasteiger partial charge in [-0.25, -0.2) is 4.79 Å². The van der Waals surface area contributed by atoms with Crippen molar-refractivity contribution in [2.45, 2.75) is 46.3 Å². The van der Waals surface area contributed by atoms with Gasteiger partial charge in [0.2, 0.25) is 0 Å². The lowest BCUT2D eigenvalue weighted by atomic mass is 10.0. The second-order valence-corrected chi connectivity index (χ2v) is 7.07. The molecule has 1 unspecified atom stereocenters. The average molecular weight is 395 g/mol. The molecule has 154 valence electrons. The Morgan fingerprint density at radius 1 is 1.14 bits per heavy atom. The minimum absolute atomic E-state index is 0.157. The molecule has 2 heterocycles. The number of ether oxygens (including phenoxy) is 3. The number of carbonyl (C=O) groups is 1. The molecule has 0 bridgehead atoms. The van der Waals surface area contributed by atoms with Crippen LogP contribution in [-0.4, -0.2) is 24.1 Å². The van der Waals surface area contributed by atoms with E-state index in [-0.39, 0.29) is 12.1 Å². The molecule has 0 radical (unpaired) electrons. The highest BCUT2D eigenvalue weighted by molar-refractivity contribution is 5.92. The van der Waals surface area contributed by atoms with Crippen LogP contribution in [0.15, 0.2) is 48.7 Å². The standard InChI is InChI=1S/C24H29NO4/c1-5-13-28-24(26)21-15-19-10-8-12-25(19)23(17(21)3)22(6-2)29-16-18-9-7-11-20(14-18)27-4/h7-12,14-15,22H,5-6,13,16H2,1-4H3. The van der Waals surface area contributed by atoms with Gasteiger partial charge in [-0.1, -0.05) is 26.0 Å². The van der Waals surface area contributed by atoms with Crippen molar-refractivity contribution in [3.05, 3.63) is 71.0 Å². The highest BCUT2D eigenvalue weighted by Gasteiger charge is 2.22. The number of methoxy groups -OCH3 is 1. The molecule has 0 saturated heterocycles. The maximum Gasteiger partial charge on any atom is 0.338 e. The third-order valence-corrected chi connectivity index (χ3v) is 5.04. The predicted molar refractivity (Wildman–Crippen MR) is 114 cm³/mol. The number of hydrogen-bond donors (Lipinski definition) is 0. The van der Waals surface area contributed by atoms with Crippen LogP contribution >= 0.6 is 0 Å². The van der Waals surface area contributed by atoms with Crippen LogP contribution in [-0.2, 0) is 16.1 Å². The summed E-state index contributed by atoms with van der Waals surface area (Å²) in [6.45, 7) is 6.93. The molecule has 29 heavy (non-hydrogen) atoms. The molecule has 0 aliphatic rings. The summed E-state index contributed by atoms with van der Waals surface area (Å²) in [5.74, 6) is 0.528. The lowest BCUT2D eigenvalue weighted by molar-refractivity contribution is 0.0328. The molecule has 1 aromatic carbocycles. The molecular formula is C24H29NO4. The van der Waals surface area contributed by atoms with E-state index in [1.165, 1.54) is 0 Å². The summed E-state index contributed by atoms with van der Waals surface area (Å²) >= 11 is 0. The predicted octanol–water partition coefficient (Wildman–Crippen LogP) is 5.49. The monoisotopic (exact) mass is 395 g/mol. The fourth-order valence-corrected chi connectivity index (χ4v) is 3.54. The molecule has 1 atom stereocenters. The number of aromatic nitrogens is 1. The number of benzene rings is 1. The van der Waals surface area contributed by atoms with E-state index in [4.69, 9.17) is 14.2 Å². The molecule has 5 heteroatoms. The van der Waals surface area contributed by atoms with Gasteiger partial charge >= 0.3 is 5.97 Å².